The van der Waals surface area contributed by atoms with Crippen LogP contribution in [0.15, 0.2) is 24.3 Å². The van der Waals surface area contributed by atoms with Gasteiger partial charge in [0.1, 0.15) is 0 Å². The van der Waals surface area contributed by atoms with Crippen molar-refractivity contribution >= 4 is 29.4 Å². The van der Waals surface area contributed by atoms with Crippen LogP contribution in [-0.2, 0) is 19.1 Å². The van der Waals surface area contributed by atoms with Crippen molar-refractivity contribution in [3.63, 3.8) is 0 Å². The lowest BCUT2D eigenvalue weighted by atomic mass is 9.95. The van der Waals surface area contributed by atoms with E-state index in [-0.39, 0.29) is 30.1 Å². The molecule has 156 valence electrons. The van der Waals surface area contributed by atoms with Gasteiger partial charge in [0.25, 0.3) is 5.91 Å². The Morgan fingerprint density at radius 3 is 2.41 bits per heavy atom. The first-order valence-electron chi connectivity index (χ1n) is 10.2. The fraction of sp³-hybridized carbons (Fsp3) is 0.524. The number of primary amides is 1. The number of piperidine rings is 1. The molecule has 0 aromatic heterocycles. The molecule has 2 saturated heterocycles. The summed E-state index contributed by atoms with van der Waals surface area (Å²) in [7, 11) is 0. The van der Waals surface area contributed by atoms with Crippen LogP contribution in [0.5, 0.6) is 0 Å². The number of carbonyl (C=O) groups is 4. The van der Waals surface area contributed by atoms with Crippen molar-refractivity contribution in [2.45, 2.75) is 45.1 Å². The lowest BCUT2D eigenvalue weighted by Crippen LogP contribution is -3.17. The maximum atomic E-state index is 12.9. The molecule has 2 fully saturated rings. The summed E-state index contributed by atoms with van der Waals surface area (Å²) in [6.07, 6.45) is 3.17. The van der Waals surface area contributed by atoms with Gasteiger partial charge < -0.3 is 15.4 Å². The number of amides is 3. The van der Waals surface area contributed by atoms with Crippen molar-refractivity contribution in [1.29, 1.82) is 0 Å². The highest BCUT2D eigenvalue weighted by atomic mass is 16.5. The quantitative estimate of drug-likeness (QED) is 0.380. The van der Waals surface area contributed by atoms with Crippen LogP contribution in [-0.4, -0.2) is 49.4 Å². The lowest BCUT2D eigenvalue weighted by Gasteiger charge is -2.30. The maximum Gasteiger partial charge on any atom is 0.338 e. The zero-order valence-electron chi connectivity index (χ0n) is 16.7. The third-order valence-electron chi connectivity index (χ3n) is 5.76. The Balaban J connectivity index is 1.64. The minimum atomic E-state index is -0.435. The normalized spacial score (nSPS) is 24.6. The molecule has 2 heterocycles. The molecule has 29 heavy (non-hydrogen) atoms. The van der Waals surface area contributed by atoms with Gasteiger partial charge in [0, 0.05) is 18.8 Å². The first kappa shape index (κ1) is 21.0. The Kier molecular flexibility index (Phi) is 6.64. The highest BCUT2D eigenvalue weighted by Gasteiger charge is 2.46. The molecular formula is C21H28N3O5+. The molecule has 3 rings (SSSR count). The van der Waals surface area contributed by atoms with Gasteiger partial charge >= 0.3 is 5.97 Å². The van der Waals surface area contributed by atoms with Crippen molar-refractivity contribution in [3.8, 4) is 0 Å². The average Bonchev–Trinajstić information content (AvgIpc) is 3.02. The van der Waals surface area contributed by atoms with Crippen LogP contribution in [0.4, 0.5) is 5.69 Å². The highest BCUT2D eigenvalue weighted by Crippen LogP contribution is 2.23. The Morgan fingerprint density at radius 1 is 1.17 bits per heavy atom. The molecule has 2 aliphatic heterocycles. The molecule has 3 N–H and O–H groups in total. The molecule has 0 unspecified atom stereocenters. The maximum absolute atomic E-state index is 12.9. The second-order valence-corrected chi connectivity index (χ2v) is 7.70. The number of anilines is 1. The van der Waals surface area contributed by atoms with Crippen molar-refractivity contribution in [2.75, 3.05) is 24.6 Å². The lowest BCUT2D eigenvalue weighted by molar-refractivity contribution is -0.920. The van der Waals surface area contributed by atoms with E-state index < -0.39 is 12.0 Å². The van der Waals surface area contributed by atoms with Crippen molar-refractivity contribution in [3.05, 3.63) is 29.8 Å². The Labute approximate surface area is 170 Å². The standard InChI is InChI=1S/C21H27N3O5/c1-2-3-12-29-21(28)15-4-6-16(7-5-15)24-18(25)13-17(20(24)27)23-10-8-14(9-11-23)19(22)26/h4-7,14,17H,2-3,8-13H2,1H3,(H2,22,26)/p+1/t17-/m1/s1. The van der Waals surface area contributed by atoms with Gasteiger partial charge in [-0.15, -0.1) is 0 Å². The third kappa shape index (κ3) is 4.64. The first-order chi connectivity index (χ1) is 13.9. The molecule has 2 aliphatic rings. The van der Waals surface area contributed by atoms with Gasteiger partial charge in [-0.2, -0.15) is 0 Å². The monoisotopic (exact) mass is 402 g/mol. The van der Waals surface area contributed by atoms with Crippen LogP contribution in [0.2, 0.25) is 0 Å². The minimum absolute atomic E-state index is 0.147. The van der Waals surface area contributed by atoms with Crippen LogP contribution >= 0.6 is 0 Å². The second-order valence-electron chi connectivity index (χ2n) is 7.70. The van der Waals surface area contributed by atoms with Gasteiger partial charge in [0.15, 0.2) is 6.04 Å². The van der Waals surface area contributed by atoms with E-state index in [1.165, 1.54) is 4.90 Å². The Hall–Kier alpha value is -2.74. The predicted molar refractivity (Wildman–Crippen MR) is 105 cm³/mol. The Bertz CT molecular complexity index is 784. The molecule has 3 amide bonds. The number of likely N-dealkylation sites (tertiary alicyclic amines) is 1. The number of unbranched alkanes of at least 4 members (excludes halogenated alkanes) is 1. The SMILES string of the molecule is CCCCOC(=O)c1ccc(N2C(=O)C[C@@H]([NH+]3CCC(C(N)=O)CC3)C2=O)cc1. The van der Waals surface area contributed by atoms with E-state index in [1.807, 2.05) is 6.92 Å². The van der Waals surface area contributed by atoms with Crippen LogP contribution < -0.4 is 15.5 Å². The number of imide groups is 1. The largest absolute Gasteiger partial charge is 0.462 e. The van der Waals surface area contributed by atoms with E-state index in [2.05, 4.69) is 0 Å². The van der Waals surface area contributed by atoms with E-state index in [9.17, 15) is 19.2 Å². The summed E-state index contributed by atoms with van der Waals surface area (Å²) in [5, 5.41) is 0. The molecular weight excluding hydrogens is 374 g/mol. The van der Waals surface area contributed by atoms with Crippen molar-refractivity contribution < 1.29 is 28.8 Å². The fourth-order valence-corrected chi connectivity index (χ4v) is 3.98. The average molecular weight is 402 g/mol. The molecule has 0 aliphatic carbocycles. The molecule has 1 atom stereocenters. The first-order valence-corrected chi connectivity index (χ1v) is 10.2. The number of nitrogens with zero attached hydrogens (tertiary/aromatic N) is 1. The molecule has 1 aromatic rings. The van der Waals surface area contributed by atoms with Crippen molar-refractivity contribution in [2.24, 2.45) is 11.7 Å². The van der Waals surface area contributed by atoms with Gasteiger partial charge in [-0.05, 0) is 30.7 Å². The number of hydrogen-bond acceptors (Lipinski definition) is 5. The fourth-order valence-electron chi connectivity index (χ4n) is 3.98. The number of quaternary nitrogens is 1. The van der Waals surface area contributed by atoms with E-state index >= 15 is 0 Å². The summed E-state index contributed by atoms with van der Waals surface area (Å²) in [5.74, 6) is -1.34. The van der Waals surface area contributed by atoms with Gasteiger partial charge in [0.2, 0.25) is 11.8 Å². The summed E-state index contributed by atoms with van der Waals surface area (Å²) in [6, 6.07) is 5.91. The number of esters is 1. The van der Waals surface area contributed by atoms with Gasteiger partial charge in [-0.25, -0.2) is 9.69 Å². The number of carbonyl (C=O) groups excluding carboxylic acids is 4. The van der Waals surface area contributed by atoms with Crippen molar-refractivity contribution in [1.82, 2.24) is 0 Å². The summed E-state index contributed by atoms with van der Waals surface area (Å²) < 4.78 is 5.18. The van der Waals surface area contributed by atoms with E-state index in [4.69, 9.17) is 10.5 Å². The Morgan fingerprint density at radius 2 is 1.83 bits per heavy atom. The van der Waals surface area contributed by atoms with Crippen LogP contribution in [0.3, 0.4) is 0 Å². The van der Waals surface area contributed by atoms with Gasteiger partial charge in [-0.1, -0.05) is 13.3 Å². The third-order valence-corrected chi connectivity index (χ3v) is 5.76. The highest BCUT2D eigenvalue weighted by molar-refractivity contribution is 6.22. The van der Waals surface area contributed by atoms with Crippen LogP contribution in [0.25, 0.3) is 0 Å². The molecule has 8 nitrogen and oxygen atoms in total. The number of benzene rings is 1. The molecule has 0 spiro atoms. The van der Waals surface area contributed by atoms with Gasteiger partial charge in [-0.3, -0.25) is 14.4 Å². The topological polar surface area (TPSA) is 111 Å². The zero-order valence-corrected chi connectivity index (χ0v) is 16.7. The predicted octanol–water partition coefficient (Wildman–Crippen LogP) is 0.0556. The van der Waals surface area contributed by atoms with E-state index in [0.29, 0.717) is 43.8 Å². The van der Waals surface area contributed by atoms with Crippen LogP contribution in [0.1, 0.15) is 49.4 Å². The van der Waals surface area contributed by atoms with Gasteiger partial charge in [0.05, 0.1) is 37.4 Å². The summed E-state index contributed by atoms with van der Waals surface area (Å²) in [4.78, 5) is 51.0. The second kappa shape index (κ2) is 9.17. The molecule has 0 radical (unpaired) electrons. The number of ether oxygens (including phenoxy) is 1. The number of rotatable bonds is 7. The van der Waals surface area contributed by atoms with E-state index in [1.54, 1.807) is 24.3 Å². The number of nitrogens with two attached hydrogens (primary N) is 1. The molecule has 0 bridgehead atoms. The minimum Gasteiger partial charge on any atom is -0.462 e. The smallest absolute Gasteiger partial charge is 0.338 e. The summed E-state index contributed by atoms with van der Waals surface area (Å²) >= 11 is 0. The molecule has 1 aromatic carbocycles. The number of hydrogen-bond donors (Lipinski definition) is 2. The summed E-state index contributed by atoms with van der Waals surface area (Å²) in [6.45, 7) is 3.68. The zero-order chi connectivity index (χ0) is 21.0. The number of nitrogens with one attached hydrogen (secondary N) is 1. The molecule has 8 heteroatoms. The van der Waals surface area contributed by atoms with E-state index in [0.717, 1.165) is 17.7 Å². The summed E-state index contributed by atoms with van der Waals surface area (Å²) in [5.41, 5.74) is 6.22. The molecule has 0 saturated carbocycles. The van der Waals surface area contributed by atoms with Crippen LogP contribution in [0, 0.1) is 5.92 Å².